The van der Waals surface area contributed by atoms with Crippen molar-refractivity contribution in [2.24, 2.45) is 0 Å². The second kappa shape index (κ2) is 109. The summed E-state index contributed by atoms with van der Waals surface area (Å²) in [7, 11) is 0. The van der Waals surface area contributed by atoms with Crippen LogP contribution >= 0.6 is 0 Å². The summed E-state index contributed by atoms with van der Waals surface area (Å²) in [4.78, 5) is 0. The number of rotatable bonds is 0. The van der Waals surface area contributed by atoms with Crippen molar-refractivity contribution in [3.05, 3.63) is 0 Å². The molecule has 0 saturated heterocycles. The van der Waals surface area contributed by atoms with Crippen LogP contribution in [0.5, 0.6) is 0 Å². The van der Waals surface area contributed by atoms with E-state index in [2.05, 4.69) is 0 Å². The Morgan fingerprint density at radius 2 is 0.667 bits per heavy atom. The van der Waals surface area contributed by atoms with Crippen LogP contribution in [-0.2, 0) is 17.1 Å². The summed E-state index contributed by atoms with van der Waals surface area (Å²) < 4.78 is 0. The van der Waals surface area contributed by atoms with Crippen LogP contribution in [0.15, 0.2) is 0 Å². The van der Waals surface area contributed by atoms with Crippen LogP contribution in [0, 0.1) is 0 Å². The first kappa shape index (κ1) is 39.5. The van der Waals surface area contributed by atoms with Crippen molar-refractivity contribution in [1.82, 2.24) is 0 Å². The van der Waals surface area contributed by atoms with E-state index in [9.17, 15) is 0 Å². The van der Waals surface area contributed by atoms with Gasteiger partial charge in [-0.05, 0) is 20.8 Å². The molecule has 0 aromatic carbocycles. The third kappa shape index (κ3) is 8780. The van der Waals surface area contributed by atoms with Gasteiger partial charge in [0.1, 0.15) is 0 Å². The van der Waals surface area contributed by atoms with Gasteiger partial charge in [-0.2, -0.15) is 0 Å². The molecule has 7 N–H and O–H groups in total. The van der Waals surface area contributed by atoms with Gasteiger partial charge in [-0.1, -0.05) is 0 Å². The molecule has 0 heterocycles. The van der Waals surface area contributed by atoms with Crippen molar-refractivity contribution in [3.8, 4) is 0 Å². The summed E-state index contributed by atoms with van der Waals surface area (Å²) in [6, 6.07) is 0. The normalized spacial score (nSPS) is 4.50. The Morgan fingerprint density at radius 1 is 0.667 bits per heavy atom. The Morgan fingerprint density at radius 3 is 0.667 bits per heavy atom. The predicted octanol–water partition coefficient (Wildman–Crippen LogP) is -1.66. The molecule has 0 atom stereocenters. The van der Waals surface area contributed by atoms with Gasteiger partial charge in [0.15, 0.2) is 0 Å². The Hall–Kier alpha value is 0.319. The maximum atomic E-state index is 7.57. The van der Waals surface area contributed by atoms with Gasteiger partial charge in [0.05, 0.1) is 0 Å². The molecule has 5 nitrogen and oxygen atoms in total. The largest absolute Gasteiger partial charge is 0.412 e. The Labute approximate surface area is 84.5 Å². The van der Waals surface area contributed by atoms with Gasteiger partial charge in [-0.25, -0.2) is 0 Å². The average Bonchev–Trinajstić information content (AvgIpc) is 1.70. The predicted molar refractivity (Wildman–Crippen MR) is 45.5 cm³/mol. The molecule has 0 aromatic heterocycles. The SMILES string of the molecule is CCO.CCO.CCO.O.O.[Cu]. The zero-order valence-corrected chi connectivity index (χ0v) is 8.71. The third-order valence-electron chi connectivity index (χ3n) is 0. The smallest absolute Gasteiger partial charge is 0.0402 e. The first-order valence-corrected chi connectivity index (χ1v) is 3.07. The fourth-order valence-electron chi connectivity index (χ4n) is 0. The molecular weight excluding hydrogens is 216 g/mol. The van der Waals surface area contributed by atoms with Crippen molar-refractivity contribution in [3.63, 3.8) is 0 Å². The van der Waals surface area contributed by atoms with Crippen molar-refractivity contribution in [2.45, 2.75) is 20.8 Å². The topological polar surface area (TPSA) is 124 Å². The standard InChI is InChI=1S/3C2H6O.Cu.2H2O/c3*1-2-3;;;/h3*3H,2H2,1H3;;2*1H2. The van der Waals surface area contributed by atoms with E-state index in [-0.39, 0.29) is 47.8 Å². The molecule has 0 aromatic rings. The second-order valence-corrected chi connectivity index (χ2v) is 0.949. The molecular formula is C6H22CuO5. The van der Waals surface area contributed by atoms with Crippen molar-refractivity contribution < 1.29 is 43.3 Å². The molecule has 87 valence electrons. The molecule has 0 amide bonds. The number of aliphatic hydroxyl groups excluding tert-OH is 3. The fraction of sp³-hybridized carbons (Fsp3) is 1.00. The van der Waals surface area contributed by atoms with E-state index in [0.717, 1.165) is 0 Å². The van der Waals surface area contributed by atoms with Gasteiger partial charge in [0, 0.05) is 36.9 Å². The minimum atomic E-state index is 0. The summed E-state index contributed by atoms with van der Waals surface area (Å²) in [6.07, 6.45) is 0. The van der Waals surface area contributed by atoms with E-state index in [4.69, 9.17) is 15.3 Å². The molecule has 12 heavy (non-hydrogen) atoms. The summed E-state index contributed by atoms with van der Waals surface area (Å²) in [5, 5.41) is 22.7. The number of hydrogen-bond acceptors (Lipinski definition) is 3. The molecule has 0 spiro atoms. The second-order valence-electron chi connectivity index (χ2n) is 0.949. The van der Waals surface area contributed by atoms with Gasteiger partial charge in [-0.15, -0.1) is 0 Å². The van der Waals surface area contributed by atoms with Crippen LogP contribution in [0.2, 0.25) is 0 Å². The minimum Gasteiger partial charge on any atom is -0.412 e. The molecule has 6 heteroatoms. The van der Waals surface area contributed by atoms with E-state index in [1.54, 1.807) is 20.8 Å². The van der Waals surface area contributed by atoms with Crippen molar-refractivity contribution in [1.29, 1.82) is 0 Å². The van der Waals surface area contributed by atoms with Crippen LogP contribution in [0.3, 0.4) is 0 Å². The molecule has 0 aliphatic carbocycles. The fourth-order valence-corrected chi connectivity index (χ4v) is 0. The number of hydrogen-bond donors (Lipinski definition) is 3. The summed E-state index contributed by atoms with van der Waals surface area (Å²) >= 11 is 0. The van der Waals surface area contributed by atoms with E-state index < -0.39 is 0 Å². The Balaban J connectivity index is -0.00000001000. The summed E-state index contributed by atoms with van der Waals surface area (Å²) in [5.41, 5.74) is 0. The molecule has 0 saturated carbocycles. The zero-order chi connectivity index (χ0) is 8.12. The average molecular weight is 238 g/mol. The van der Waals surface area contributed by atoms with Gasteiger partial charge in [0.25, 0.3) is 0 Å². The van der Waals surface area contributed by atoms with E-state index in [1.165, 1.54) is 0 Å². The molecule has 1 radical (unpaired) electrons. The molecule has 0 bridgehead atoms. The zero-order valence-electron chi connectivity index (χ0n) is 7.76. The van der Waals surface area contributed by atoms with Gasteiger partial charge in [0.2, 0.25) is 0 Å². The molecule has 0 aliphatic rings. The Kier molecular flexibility index (Phi) is 360. The van der Waals surface area contributed by atoms with Crippen LogP contribution in [0.25, 0.3) is 0 Å². The molecule has 0 fully saturated rings. The van der Waals surface area contributed by atoms with Crippen LogP contribution < -0.4 is 0 Å². The van der Waals surface area contributed by atoms with Gasteiger partial charge >= 0.3 is 0 Å². The maximum Gasteiger partial charge on any atom is 0.0402 e. The molecule has 0 aliphatic heterocycles. The van der Waals surface area contributed by atoms with Crippen LogP contribution in [0.4, 0.5) is 0 Å². The first-order valence-electron chi connectivity index (χ1n) is 3.07. The van der Waals surface area contributed by atoms with E-state index in [1.807, 2.05) is 0 Å². The van der Waals surface area contributed by atoms with Crippen molar-refractivity contribution in [2.75, 3.05) is 19.8 Å². The van der Waals surface area contributed by atoms with E-state index >= 15 is 0 Å². The van der Waals surface area contributed by atoms with Crippen molar-refractivity contribution >= 4 is 0 Å². The summed E-state index contributed by atoms with van der Waals surface area (Å²) in [5.74, 6) is 0. The van der Waals surface area contributed by atoms with Crippen LogP contribution in [0.1, 0.15) is 20.8 Å². The molecule has 0 unspecified atom stereocenters. The minimum absolute atomic E-state index is 0. The van der Waals surface area contributed by atoms with Gasteiger partial charge in [-0.3, -0.25) is 0 Å². The summed E-state index contributed by atoms with van der Waals surface area (Å²) in [6.45, 7) is 5.79. The van der Waals surface area contributed by atoms with Gasteiger partial charge < -0.3 is 26.3 Å². The maximum absolute atomic E-state index is 7.57. The monoisotopic (exact) mass is 237 g/mol. The number of aliphatic hydroxyl groups is 3. The quantitative estimate of drug-likeness (QED) is 0.437. The Bertz CT molecular complexity index is 20.7. The first-order chi connectivity index (χ1) is 4.24. The molecule has 0 rings (SSSR count). The third-order valence-corrected chi connectivity index (χ3v) is 0. The van der Waals surface area contributed by atoms with E-state index in [0.29, 0.717) is 0 Å². The van der Waals surface area contributed by atoms with Crippen LogP contribution in [-0.4, -0.2) is 46.1 Å².